The minimum atomic E-state index is -0.384. The first-order valence-electron chi connectivity index (χ1n) is 10.3. The molecular weight excluding hydrogens is 448 g/mol. The van der Waals surface area contributed by atoms with Gasteiger partial charge in [-0.2, -0.15) is 0 Å². The van der Waals surface area contributed by atoms with Crippen LogP contribution in [-0.2, 0) is 4.74 Å². The molecule has 0 spiro atoms. The number of amides is 1. The zero-order valence-electron chi connectivity index (χ0n) is 17.3. The predicted molar refractivity (Wildman–Crippen MR) is 119 cm³/mol. The summed E-state index contributed by atoms with van der Waals surface area (Å²) in [7, 11) is 0. The van der Waals surface area contributed by atoms with Gasteiger partial charge in [0.05, 0.1) is 42.5 Å². The Hall–Kier alpha value is -3.90. The quantitative estimate of drug-likeness (QED) is 0.431. The molecule has 4 aromatic rings. The van der Waals surface area contributed by atoms with E-state index in [0.717, 1.165) is 16.6 Å². The van der Waals surface area contributed by atoms with Gasteiger partial charge in [-0.1, -0.05) is 0 Å². The van der Waals surface area contributed by atoms with Crippen molar-refractivity contribution in [3.63, 3.8) is 0 Å². The fraction of sp³-hybridized carbons (Fsp3) is 0.238. The van der Waals surface area contributed by atoms with Crippen molar-refractivity contribution in [1.29, 1.82) is 0 Å². The van der Waals surface area contributed by atoms with Gasteiger partial charge in [-0.25, -0.2) is 4.98 Å². The number of thiophene rings is 1. The molecule has 1 aromatic carbocycles. The molecule has 11 nitrogen and oxygen atoms in total. The summed E-state index contributed by atoms with van der Waals surface area (Å²) in [5, 5.41) is 9.35. The molecule has 0 radical (unpaired) electrons. The first-order chi connectivity index (χ1) is 16.2. The van der Waals surface area contributed by atoms with Crippen LogP contribution in [0.1, 0.15) is 9.67 Å². The van der Waals surface area contributed by atoms with Gasteiger partial charge in [0.15, 0.2) is 11.5 Å². The van der Waals surface area contributed by atoms with Gasteiger partial charge in [-0.05, 0) is 30.3 Å². The fourth-order valence-electron chi connectivity index (χ4n) is 3.74. The van der Waals surface area contributed by atoms with Crippen molar-refractivity contribution in [3.05, 3.63) is 41.4 Å². The van der Waals surface area contributed by atoms with Crippen LogP contribution in [-0.4, -0.2) is 49.3 Å². The highest BCUT2D eigenvalue weighted by Crippen LogP contribution is 2.38. The number of aromatic nitrogens is 3. The summed E-state index contributed by atoms with van der Waals surface area (Å²) in [6.07, 6.45) is 1.61. The molecule has 2 aliphatic rings. The molecule has 33 heavy (non-hydrogen) atoms. The lowest BCUT2D eigenvalue weighted by Gasteiger charge is -2.18. The number of pyridine rings is 1. The maximum atomic E-state index is 12.9. The van der Waals surface area contributed by atoms with Crippen LogP contribution in [0.4, 0.5) is 11.6 Å². The molecule has 1 saturated heterocycles. The average molecular weight is 467 g/mol. The highest BCUT2D eigenvalue weighted by Gasteiger charge is 2.25. The Labute approximate surface area is 191 Å². The van der Waals surface area contributed by atoms with E-state index < -0.39 is 0 Å². The zero-order chi connectivity index (χ0) is 22.4. The highest BCUT2D eigenvalue weighted by molar-refractivity contribution is 7.21. The number of nitrogen functional groups attached to an aromatic ring is 1. The number of benzene rings is 1. The van der Waals surface area contributed by atoms with Crippen molar-refractivity contribution in [2.75, 3.05) is 49.2 Å². The second-order valence-electron chi connectivity index (χ2n) is 7.47. The molecule has 6 rings (SSSR count). The summed E-state index contributed by atoms with van der Waals surface area (Å²) in [5.74, 6) is 1.23. The summed E-state index contributed by atoms with van der Waals surface area (Å²) in [5.41, 5.74) is 8.28. The Morgan fingerprint density at radius 3 is 2.88 bits per heavy atom. The molecule has 5 heterocycles. The summed E-state index contributed by atoms with van der Waals surface area (Å²) >= 11 is 1.22. The predicted octanol–water partition coefficient (Wildman–Crippen LogP) is 1.77. The SMILES string of the molecule is Nc1c(C(=O)Nc2c[n+](N3CCOCC3)no2)sc2nc(-c3ccc4c(c3)OCO4)ccc12. The van der Waals surface area contributed by atoms with Crippen LogP contribution < -0.4 is 30.3 Å². The first-order valence-corrected chi connectivity index (χ1v) is 11.1. The molecule has 3 N–H and O–H groups in total. The molecule has 3 aromatic heterocycles. The number of nitrogens with zero attached hydrogens (tertiary/aromatic N) is 4. The van der Waals surface area contributed by atoms with Crippen LogP contribution in [0, 0.1) is 0 Å². The lowest BCUT2D eigenvalue weighted by Crippen LogP contribution is -2.62. The van der Waals surface area contributed by atoms with Crippen molar-refractivity contribution < 1.29 is 28.3 Å². The summed E-state index contributed by atoms with van der Waals surface area (Å²) in [6.45, 7) is 2.81. The third-order valence-corrected chi connectivity index (χ3v) is 6.55. The molecular formula is C21H19N6O5S+. The number of ether oxygens (including phenoxy) is 3. The minimum Gasteiger partial charge on any atom is -0.454 e. The summed E-state index contributed by atoms with van der Waals surface area (Å²) < 4.78 is 21.4. The lowest BCUT2D eigenvalue weighted by atomic mass is 10.1. The van der Waals surface area contributed by atoms with Crippen molar-refractivity contribution in [2.24, 2.45) is 0 Å². The monoisotopic (exact) mass is 467 g/mol. The van der Waals surface area contributed by atoms with Gasteiger partial charge >= 0.3 is 5.88 Å². The van der Waals surface area contributed by atoms with Crippen molar-refractivity contribution >= 4 is 39.0 Å². The third-order valence-electron chi connectivity index (χ3n) is 5.44. The van der Waals surface area contributed by atoms with E-state index in [1.165, 1.54) is 11.3 Å². The summed E-state index contributed by atoms with van der Waals surface area (Å²) in [4.78, 5) is 20.2. The van der Waals surface area contributed by atoms with E-state index in [4.69, 9.17) is 29.5 Å². The number of hydrogen-bond acceptors (Lipinski definition) is 10. The number of carbonyl (C=O) groups excluding carboxylic acids is 1. The van der Waals surface area contributed by atoms with Crippen LogP contribution in [0.2, 0.25) is 0 Å². The topological polar surface area (TPSA) is 129 Å². The van der Waals surface area contributed by atoms with Crippen molar-refractivity contribution in [3.8, 4) is 22.8 Å². The van der Waals surface area contributed by atoms with E-state index in [9.17, 15) is 4.79 Å². The van der Waals surface area contributed by atoms with Crippen LogP contribution in [0.3, 0.4) is 0 Å². The first kappa shape index (κ1) is 19.8. The molecule has 0 aliphatic carbocycles. The van der Waals surface area contributed by atoms with Crippen molar-refractivity contribution in [1.82, 2.24) is 10.3 Å². The second kappa shape index (κ2) is 7.90. The Morgan fingerprint density at radius 2 is 2.00 bits per heavy atom. The molecule has 1 amide bonds. The molecule has 12 heteroatoms. The molecule has 0 saturated carbocycles. The van der Waals surface area contributed by atoms with Gasteiger partial charge < -0.3 is 19.9 Å². The normalized spacial score (nSPS) is 15.2. The molecule has 2 aliphatic heterocycles. The maximum Gasteiger partial charge on any atom is 0.306 e. The van der Waals surface area contributed by atoms with E-state index in [-0.39, 0.29) is 18.6 Å². The number of anilines is 2. The van der Waals surface area contributed by atoms with E-state index in [0.29, 0.717) is 53.2 Å². The Kier molecular flexibility index (Phi) is 4.73. The van der Waals surface area contributed by atoms with Gasteiger partial charge in [0.25, 0.3) is 12.1 Å². The van der Waals surface area contributed by atoms with Gasteiger partial charge in [0.2, 0.25) is 12.1 Å². The van der Waals surface area contributed by atoms with Gasteiger partial charge in [0, 0.05) is 10.9 Å². The number of hydrogen-bond donors (Lipinski definition) is 2. The summed E-state index contributed by atoms with van der Waals surface area (Å²) in [6, 6.07) is 9.39. The Morgan fingerprint density at radius 1 is 1.15 bits per heavy atom. The maximum absolute atomic E-state index is 12.9. The fourth-order valence-corrected chi connectivity index (χ4v) is 4.72. The van der Waals surface area contributed by atoms with Crippen molar-refractivity contribution in [2.45, 2.75) is 0 Å². The number of morpholine rings is 1. The van der Waals surface area contributed by atoms with Crippen LogP contribution >= 0.6 is 11.3 Å². The van der Waals surface area contributed by atoms with Gasteiger partial charge in [-0.3, -0.25) is 14.6 Å². The van der Waals surface area contributed by atoms with E-state index in [2.05, 4.69) is 10.6 Å². The third kappa shape index (κ3) is 3.58. The van der Waals surface area contributed by atoms with E-state index in [1.807, 2.05) is 35.3 Å². The number of fused-ring (bicyclic) bond motifs is 2. The van der Waals surface area contributed by atoms with Crippen LogP contribution in [0.25, 0.3) is 21.5 Å². The largest absolute Gasteiger partial charge is 0.454 e. The number of rotatable bonds is 4. The Bertz CT molecular complexity index is 1360. The smallest absolute Gasteiger partial charge is 0.306 e. The van der Waals surface area contributed by atoms with E-state index in [1.54, 1.807) is 11.0 Å². The van der Waals surface area contributed by atoms with Crippen LogP contribution in [0.15, 0.2) is 41.1 Å². The molecule has 0 atom stereocenters. The average Bonchev–Trinajstić information content (AvgIpc) is 3.58. The zero-order valence-corrected chi connectivity index (χ0v) is 18.1. The van der Waals surface area contributed by atoms with E-state index >= 15 is 0 Å². The van der Waals surface area contributed by atoms with Crippen LogP contribution in [0.5, 0.6) is 11.5 Å². The molecule has 1 fully saturated rings. The number of carbonyl (C=O) groups is 1. The molecule has 0 unspecified atom stereocenters. The molecule has 0 bridgehead atoms. The standard InChI is InChI=1S/C21H18N6O5S/c22-18-13-2-3-14(12-1-4-15-16(9-12)31-11-30-15)23-21(13)33-19(18)20(28)24-17-10-27(25-32-17)26-5-7-29-8-6-26/h1-4,9-10H,5-8,11H2,(H2-,22,24,25,28)/p+1. The lowest BCUT2D eigenvalue weighted by molar-refractivity contribution is -0.759. The number of nitrogens with one attached hydrogen (secondary N) is 1. The second-order valence-corrected chi connectivity index (χ2v) is 8.47. The van der Waals surface area contributed by atoms with Gasteiger partial charge in [-0.15, -0.1) is 16.3 Å². The van der Waals surface area contributed by atoms with Gasteiger partial charge in [0.1, 0.15) is 9.71 Å². The minimum absolute atomic E-state index is 0.211. The number of nitrogens with two attached hydrogens (primary N) is 1. The highest BCUT2D eigenvalue weighted by atomic mass is 32.1. The molecule has 168 valence electrons. The Balaban J connectivity index is 1.24.